The van der Waals surface area contributed by atoms with Gasteiger partial charge in [0.05, 0.1) is 13.1 Å². The molecule has 9 nitrogen and oxygen atoms in total. The van der Waals surface area contributed by atoms with Crippen LogP contribution in [0, 0.1) is 0 Å². The van der Waals surface area contributed by atoms with E-state index in [1.165, 1.54) is 0 Å². The molecule has 1 amide bonds. The van der Waals surface area contributed by atoms with Crippen LogP contribution < -0.4 is 20.7 Å². The summed E-state index contributed by atoms with van der Waals surface area (Å²) in [7, 11) is 0. The topological polar surface area (TPSA) is 105 Å². The fourth-order valence-electron chi connectivity index (χ4n) is 3.14. The zero-order chi connectivity index (χ0) is 20.5. The molecule has 0 fully saturated rings. The summed E-state index contributed by atoms with van der Waals surface area (Å²) in [6.45, 7) is 7.42. The van der Waals surface area contributed by atoms with Gasteiger partial charge in [0.25, 0.3) is 0 Å². The number of benzene rings is 1. The van der Waals surface area contributed by atoms with Crippen molar-refractivity contribution in [3.63, 3.8) is 0 Å². The van der Waals surface area contributed by atoms with E-state index < -0.39 is 0 Å². The van der Waals surface area contributed by atoms with Crippen LogP contribution in [0.5, 0.6) is 5.75 Å². The Morgan fingerprint density at radius 1 is 1.31 bits per heavy atom. The molecule has 1 aromatic carbocycles. The fraction of sp³-hybridized carbons (Fsp3) is 0.500. The molecule has 0 radical (unpaired) electrons. The SMILES string of the molecule is CCNC(=NCCn1cnnc1CC)NCCOc1ccc2c(c1)CCC(=O)N2. The van der Waals surface area contributed by atoms with Gasteiger partial charge >= 0.3 is 0 Å². The van der Waals surface area contributed by atoms with Crippen molar-refractivity contribution in [1.29, 1.82) is 0 Å². The lowest BCUT2D eigenvalue weighted by Gasteiger charge is -2.18. The molecule has 1 aromatic heterocycles. The van der Waals surface area contributed by atoms with Gasteiger partial charge in [-0.3, -0.25) is 9.79 Å². The molecule has 1 aliphatic rings. The lowest BCUT2D eigenvalue weighted by Crippen LogP contribution is -2.39. The van der Waals surface area contributed by atoms with E-state index in [2.05, 4.69) is 38.1 Å². The zero-order valence-electron chi connectivity index (χ0n) is 17.1. The highest BCUT2D eigenvalue weighted by Crippen LogP contribution is 2.26. The fourth-order valence-corrected chi connectivity index (χ4v) is 3.14. The number of rotatable bonds is 9. The smallest absolute Gasteiger partial charge is 0.224 e. The summed E-state index contributed by atoms with van der Waals surface area (Å²) in [6.07, 6.45) is 3.87. The predicted octanol–water partition coefficient (Wildman–Crippen LogP) is 1.36. The summed E-state index contributed by atoms with van der Waals surface area (Å²) in [4.78, 5) is 16.0. The van der Waals surface area contributed by atoms with Crippen LogP contribution >= 0.6 is 0 Å². The molecule has 1 aliphatic heterocycles. The molecule has 2 heterocycles. The Hall–Kier alpha value is -3.10. The summed E-state index contributed by atoms with van der Waals surface area (Å²) < 4.78 is 7.87. The molecule has 0 spiro atoms. The first-order valence-electron chi connectivity index (χ1n) is 10.1. The number of guanidine groups is 1. The Kier molecular flexibility index (Phi) is 7.43. The lowest BCUT2D eigenvalue weighted by molar-refractivity contribution is -0.116. The molecular formula is C20H29N7O2. The van der Waals surface area contributed by atoms with Gasteiger partial charge in [0, 0.05) is 31.6 Å². The van der Waals surface area contributed by atoms with Gasteiger partial charge in [-0.25, -0.2) is 0 Å². The standard InChI is InChI=1S/C20H29N7O2/c1-3-18-26-24-14-27(18)11-9-22-20(21-4-2)23-10-12-29-16-6-7-17-15(13-16)5-8-19(28)25-17/h6-7,13-14H,3-5,8-12H2,1-2H3,(H,25,28)(H2,21,22,23). The number of aliphatic imine (C=N–C) groups is 1. The third-order valence-corrected chi connectivity index (χ3v) is 4.60. The van der Waals surface area contributed by atoms with Crippen LogP contribution in [0.25, 0.3) is 0 Å². The van der Waals surface area contributed by atoms with Gasteiger partial charge in [-0.2, -0.15) is 0 Å². The number of carbonyl (C=O) groups excluding carboxylic acids is 1. The van der Waals surface area contributed by atoms with Gasteiger partial charge in [0.15, 0.2) is 5.96 Å². The van der Waals surface area contributed by atoms with Gasteiger partial charge < -0.3 is 25.3 Å². The Bertz CT molecular complexity index is 847. The van der Waals surface area contributed by atoms with Crippen molar-refractivity contribution in [2.75, 3.05) is 31.6 Å². The third-order valence-electron chi connectivity index (χ3n) is 4.60. The summed E-state index contributed by atoms with van der Waals surface area (Å²) in [5.74, 6) is 2.61. The quantitative estimate of drug-likeness (QED) is 0.334. The highest BCUT2D eigenvalue weighted by Gasteiger charge is 2.14. The van der Waals surface area contributed by atoms with E-state index in [1.807, 2.05) is 29.7 Å². The van der Waals surface area contributed by atoms with Crippen LogP contribution in [0.4, 0.5) is 5.69 Å². The first-order valence-corrected chi connectivity index (χ1v) is 10.1. The van der Waals surface area contributed by atoms with Crippen LogP contribution in [-0.2, 0) is 24.2 Å². The summed E-state index contributed by atoms with van der Waals surface area (Å²) in [5, 5.41) is 17.4. The summed E-state index contributed by atoms with van der Waals surface area (Å²) >= 11 is 0. The Balaban J connectivity index is 1.44. The molecule has 29 heavy (non-hydrogen) atoms. The summed E-state index contributed by atoms with van der Waals surface area (Å²) in [5.41, 5.74) is 2.00. The van der Waals surface area contributed by atoms with E-state index in [9.17, 15) is 4.79 Å². The maximum atomic E-state index is 11.4. The molecular weight excluding hydrogens is 370 g/mol. The van der Waals surface area contributed by atoms with E-state index >= 15 is 0 Å². The van der Waals surface area contributed by atoms with Gasteiger partial charge in [-0.1, -0.05) is 6.92 Å². The van der Waals surface area contributed by atoms with E-state index in [-0.39, 0.29) is 5.91 Å². The first kappa shape index (κ1) is 20.6. The number of hydrogen-bond donors (Lipinski definition) is 3. The van der Waals surface area contributed by atoms with Crippen LogP contribution in [0.15, 0.2) is 29.5 Å². The van der Waals surface area contributed by atoms with Gasteiger partial charge in [0.2, 0.25) is 5.91 Å². The van der Waals surface area contributed by atoms with Gasteiger partial charge in [0.1, 0.15) is 24.5 Å². The average Bonchev–Trinajstić information content (AvgIpc) is 3.18. The predicted molar refractivity (Wildman–Crippen MR) is 112 cm³/mol. The number of nitrogens with one attached hydrogen (secondary N) is 3. The first-order chi connectivity index (χ1) is 14.2. The zero-order valence-corrected chi connectivity index (χ0v) is 17.1. The van der Waals surface area contributed by atoms with Crippen LogP contribution in [0.2, 0.25) is 0 Å². The number of anilines is 1. The molecule has 0 saturated heterocycles. The molecule has 3 N–H and O–H groups in total. The van der Waals surface area contributed by atoms with Crippen molar-refractivity contribution in [1.82, 2.24) is 25.4 Å². The van der Waals surface area contributed by atoms with E-state index in [4.69, 9.17) is 4.74 Å². The average molecular weight is 399 g/mol. The number of carbonyl (C=O) groups is 1. The lowest BCUT2D eigenvalue weighted by atomic mass is 10.0. The van der Waals surface area contributed by atoms with Gasteiger partial charge in [-0.15, -0.1) is 10.2 Å². The number of hydrogen-bond acceptors (Lipinski definition) is 5. The monoisotopic (exact) mass is 399 g/mol. The minimum atomic E-state index is 0.0702. The molecule has 0 aliphatic carbocycles. The number of fused-ring (bicyclic) bond motifs is 1. The minimum Gasteiger partial charge on any atom is -0.492 e. The second kappa shape index (κ2) is 10.4. The molecule has 0 saturated carbocycles. The number of aromatic nitrogens is 3. The summed E-state index contributed by atoms with van der Waals surface area (Å²) in [6, 6.07) is 5.78. The van der Waals surface area contributed by atoms with E-state index in [1.54, 1.807) is 6.33 Å². The van der Waals surface area contributed by atoms with Crippen molar-refractivity contribution in [3.8, 4) is 5.75 Å². The Morgan fingerprint density at radius 2 is 2.21 bits per heavy atom. The minimum absolute atomic E-state index is 0.0702. The largest absolute Gasteiger partial charge is 0.492 e. The Morgan fingerprint density at radius 3 is 3.03 bits per heavy atom. The molecule has 3 rings (SSSR count). The molecule has 9 heteroatoms. The van der Waals surface area contributed by atoms with Crippen LogP contribution in [0.1, 0.15) is 31.7 Å². The molecule has 156 valence electrons. The molecule has 0 bridgehead atoms. The van der Waals surface area contributed by atoms with Crippen molar-refractivity contribution in [2.24, 2.45) is 4.99 Å². The number of ether oxygens (including phenoxy) is 1. The highest BCUT2D eigenvalue weighted by atomic mass is 16.5. The van der Waals surface area contributed by atoms with E-state index in [0.717, 1.165) is 54.7 Å². The van der Waals surface area contributed by atoms with Crippen molar-refractivity contribution < 1.29 is 9.53 Å². The second-order valence-corrected chi connectivity index (χ2v) is 6.70. The third kappa shape index (κ3) is 5.94. The second-order valence-electron chi connectivity index (χ2n) is 6.70. The highest BCUT2D eigenvalue weighted by molar-refractivity contribution is 5.94. The molecule has 0 atom stereocenters. The van der Waals surface area contributed by atoms with Crippen LogP contribution in [-0.4, -0.2) is 52.9 Å². The number of amides is 1. The van der Waals surface area contributed by atoms with Crippen molar-refractivity contribution in [2.45, 2.75) is 39.7 Å². The normalized spacial score (nSPS) is 13.6. The van der Waals surface area contributed by atoms with Gasteiger partial charge in [-0.05, 0) is 37.1 Å². The van der Waals surface area contributed by atoms with Crippen molar-refractivity contribution in [3.05, 3.63) is 35.9 Å². The maximum Gasteiger partial charge on any atom is 0.224 e. The number of aryl methyl sites for hydroxylation is 2. The van der Waals surface area contributed by atoms with E-state index in [0.29, 0.717) is 26.1 Å². The molecule has 2 aromatic rings. The molecule has 0 unspecified atom stereocenters. The number of nitrogens with zero attached hydrogens (tertiary/aromatic N) is 4. The van der Waals surface area contributed by atoms with Crippen LogP contribution in [0.3, 0.4) is 0 Å². The maximum absolute atomic E-state index is 11.4. The van der Waals surface area contributed by atoms with Crippen molar-refractivity contribution >= 4 is 17.6 Å². The Labute approximate surface area is 171 Å².